The smallest absolute Gasteiger partial charge is 0.313 e. The van der Waals surface area contributed by atoms with Crippen molar-refractivity contribution >= 4 is 17.5 Å². The maximum absolute atomic E-state index is 13.1. The molecule has 0 bridgehead atoms. The molecule has 2 aromatic rings. The predicted molar refractivity (Wildman–Crippen MR) is 86.7 cm³/mol. The van der Waals surface area contributed by atoms with E-state index in [2.05, 4.69) is 10.6 Å². The number of aryl methyl sites for hydroxylation is 1. The van der Waals surface area contributed by atoms with E-state index in [9.17, 15) is 23.5 Å². The van der Waals surface area contributed by atoms with Gasteiger partial charge in [0.2, 0.25) is 0 Å². The fourth-order valence-electron chi connectivity index (χ4n) is 2.92. The summed E-state index contributed by atoms with van der Waals surface area (Å²) in [5.74, 6) is -4.18. The summed E-state index contributed by atoms with van der Waals surface area (Å²) in [6.45, 7) is -0.117. The van der Waals surface area contributed by atoms with E-state index in [4.69, 9.17) is 0 Å². The van der Waals surface area contributed by atoms with Gasteiger partial charge in [-0.25, -0.2) is 8.78 Å². The second-order valence-corrected chi connectivity index (χ2v) is 5.95. The van der Waals surface area contributed by atoms with Crippen LogP contribution < -0.4 is 10.6 Å². The molecule has 2 aromatic carbocycles. The Morgan fingerprint density at radius 1 is 1.08 bits per heavy atom. The van der Waals surface area contributed by atoms with Gasteiger partial charge in [0, 0.05) is 11.8 Å². The van der Waals surface area contributed by atoms with E-state index in [1.54, 1.807) is 12.1 Å². The fraction of sp³-hybridized carbons (Fsp3) is 0.222. The van der Waals surface area contributed by atoms with E-state index in [0.717, 1.165) is 29.3 Å². The molecule has 1 aliphatic carbocycles. The van der Waals surface area contributed by atoms with Crippen molar-refractivity contribution in [3.05, 3.63) is 65.2 Å². The number of aliphatic hydroxyl groups is 1. The number of fused-ring (bicyclic) bond motifs is 1. The minimum atomic E-state index is -1.23. The van der Waals surface area contributed by atoms with E-state index >= 15 is 0 Å². The van der Waals surface area contributed by atoms with Gasteiger partial charge in [-0.2, -0.15) is 0 Å². The molecule has 0 fully saturated rings. The molecule has 0 aliphatic heterocycles. The molecule has 0 saturated carbocycles. The minimum absolute atomic E-state index is 0.0380. The minimum Gasteiger partial charge on any atom is -0.383 e. The highest BCUT2D eigenvalue weighted by molar-refractivity contribution is 6.39. The second kappa shape index (κ2) is 6.60. The van der Waals surface area contributed by atoms with Crippen LogP contribution >= 0.6 is 0 Å². The summed E-state index contributed by atoms with van der Waals surface area (Å²) in [5, 5.41) is 15.3. The molecule has 0 heterocycles. The maximum Gasteiger partial charge on any atom is 0.313 e. The molecule has 1 aliphatic rings. The van der Waals surface area contributed by atoms with Gasteiger partial charge in [0.25, 0.3) is 0 Å². The van der Waals surface area contributed by atoms with Gasteiger partial charge in [-0.15, -0.1) is 0 Å². The van der Waals surface area contributed by atoms with Gasteiger partial charge < -0.3 is 15.7 Å². The van der Waals surface area contributed by atoms with Crippen molar-refractivity contribution in [2.24, 2.45) is 0 Å². The number of benzene rings is 2. The van der Waals surface area contributed by atoms with Gasteiger partial charge in [-0.1, -0.05) is 24.3 Å². The Balaban J connectivity index is 1.61. The van der Waals surface area contributed by atoms with Gasteiger partial charge in [0.05, 0.1) is 6.54 Å². The molecular formula is C18H16F2N2O3. The lowest BCUT2D eigenvalue weighted by Gasteiger charge is -2.24. The van der Waals surface area contributed by atoms with Crippen LogP contribution in [0.3, 0.4) is 0 Å². The molecule has 1 unspecified atom stereocenters. The lowest BCUT2D eigenvalue weighted by Crippen LogP contribution is -2.43. The average molecular weight is 346 g/mol. The third-order valence-electron chi connectivity index (χ3n) is 4.25. The zero-order valence-corrected chi connectivity index (χ0v) is 13.2. The lowest BCUT2D eigenvalue weighted by atomic mass is 9.96. The maximum atomic E-state index is 13.1. The number of halogens is 2. The van der Waals surface area contributed by atoms with Crippen LogP contribution in [-0.4, -0.2) is 23.5 Å². The summed E-state index contributed by atoms with van der Waals surface area (Å²) >= 11 is 0. The Hall–Kier alpha value is -2.80. The Bertz CT molecular complexity index is 841. The summed E-state index contributed by atoms with van der Waals surface area (Å²) in [5.41, 5.74) is 0.472. The number of hydrogen-bond acceptors (Lipinski definition) is 3. The SMILES string of the molecule is O=C(NCC1(O)CCc2ccccc21)C(=O)Nc1ccc(F)c(F)c1. The van der Waals surface area contributed by atoms with Crippen molar-refractivity contribution in [3.63, 3.8) is 0 Å². The summed E-state index contributed by atoms with van der Waals surface area (Å²) in [7, 11) is 0. The standard InChI is InChI=1S/C18H16F2N2O3/c19-14-6-5-12(9-15(14)20)22-17(24)16(23)21-10-18(25)8-7-11-3-1-2-4-13(11)18/h1-6,9,25H,7-8,10H2,(H,21,23)(H,22,24). The molecule has 0 spiro atoms. The predicted octanol–water partition coefficient (Wildman–Crippen LogP) is 1.85. The van der Waals surface area contributed by atoms with Crippen LogP contribution in [0.15, 0.2) is 42.5 Å². The highest BCUT2D eigenvalue weighted by Gasteiger charge is 2.37. The Kier molecular flexibility index (Phi) is 4.50. The van der Waals surface area contributed by atoms with Crippen LogP contribution in [0.5, 0.6) is 0 Å². The molecule has 5 nitrogen and oxygen atoms in total. The van der Waals surface area contributed by atoms with Gasteiger partial charge in [-0.3, -0.25) is 9.59 Å². The monoisotopic (exact) mass is 346 g/mol. The largest absolute Gasteiger partial charge is 0.383 e. The van der Waals surface area contributed by atoms with Crippen molar-refractivity contribution in [1.29, 1.82) is 0 Å². The van der Waals surface area contributed by atoms with Crippen molar-refractivity contribution in [2.75, 3.05) is 11.9 Å². The number of amides is 2. The van der Waals surface area contributed by atoms with E-state index in [1.165, 1.54) is 0 Å². The topological polar surface area (TPSA) is 78.4 Å². The third-order valence-corrected chi connectivity index (χ3v) is 4.25. The zero-order chi connectivity index (χ0) is 18.0. The number of carbonyl (C=O) groups excluding carboxylic acids is 2. The Morgan fingerprint density at radius 3 is 2.60 bits per heavy atom. The first kappa shape index (κ1) is 17.0. The molecule has 0 radical (unpaired) electrons. The highest BCUT2D eigenvalue weighted by atomic mass is 19.2. The van der Waals surface area contributed by atoms with E-state index < -0.39 is 29.0 Å². The molecular weight excluding hydrogens is 330 g/mol. The van der Waals surface area contributed by atoms with Gasteiger partial charge in [0.1, 0.15) is 5.60 Å². The summed E-state index contributed by atoms with van der Waals surface area (Å²) in [6, 6.07) is 10.1. The van der Waals surface area contributed by atoms with Gasteiger partial charge in [-0.05, 0) is 36.1 Å². The average Bonchev–Trinajstić information content (AvgIpc) is 2.94. The van der Waals surface area contributed by atoms with E-state index in [0.29, 0.717) is 12.8 Å². The van der Waals surface area contributed by atoms with Crippen LogP contribution in [0, 0.1) is 11.6 Å². The number of anilines is 1. The van der Waals surface area contributed by atoms with Crippen LogP contribution in [0.4, 0.5) is 14.5 Å². The van der Waals surface area contributed by atoms with Crippen LogP contribution in [0.1, 0.15) is 17.5 Å². The van der Waals surface area contributed by atoms with Crippen molar-refractivity contribution < 1.29 is 23.5 Å². The Labute approximate surface area is 142 Å². The number of carbonyl (C=O) groups is 2. The molecule has 1 atom stereocenters. The molecule has 0 aromatic heterocycles. The first-order chi connectivity index (χ1) is 11.9. The molecule has 2 amide bonds. The van der Waals surface area contributed by atoms with Gasteiger partial charge >= 0.3 is 11.8 Å². The zero-order valence-electron chi connectivity index (χ0n) is 13.2. The second-order valence-electron chi connectivity index (χ2n) is 5.95. The van der Waals surface area contributed by atoms with E-state index in [1.807, 2.05) is 12.1 Å². The lowest BCUT2D eigenvalue weighted by molar-refractivity contribution is -0.136. The molecule has 0 saturated heterocycles. The van der Waals surface area contributed by atoms with Gasteiger partial charge in [0.15, 0.2) is 11.6 Å². The van der Waals surface area contributed by atoms with Crippen LogP contribution in [0.2, 0.25) is 0 Å². The number of nitrogens with one attached hydrogen (secondary N) is 2. The van der Waals surface area contributed by atoms with Crippen molar-refractivity contribution in [3.8, 4) is 0 Å². The van der Waals surface area contributed by atoms with E-state index in [-0.39, 0.29) is 12.2 Å². The van der Waals surface area contributed by atoms with Crippen LogP contribution in [-0.2, 0) is 21.6 Å². The number of hydrogen-bond donors (Lipinski definition) is 3. The molecule has 3 rings (SSSR count). The fourth-order valence-corrected chi connectivity index (χ4v) is 2.92. The quantitative estimate of drug-likeness (QED) is 0.742. The molecule has 3 N–H and O–H groups in total. The molecule has 25 heavy (non-hydrogen) atoms. The first-order valence-electron chi connectivity index (χ1n) is 7.74. The third kappa shape index (κ3) is 3.51. The molecule has 130 valence electrons. The first-order valence-corrected chi connectivity index (χ1v) is 7.74. The summed E-state index contributed by atoms with van der Waals surface area (Å²) in [4.78, 5) is 23.8. The highest BCUT2D eigenvalue weighted by Crippen LogP contribution is 2.36. The number of rotatable bonds is 3. The summed E-state index contributed by atoms with van der Waals surface area (Å²) < 4.78 is 26.0. The normalized spacial score (nSPS) is 18.5. The van der Waals surface area contributed by atoms with Crippen molar-refractivity contribution in [1.82, 2.24) is 5.32 Å². The Morgan fingerprint density at radius 2 is 1.84 bits per heavy atom. The van der Waals surface area contributed by atoms with Crippen molar-refractivity contribution in [2.45, 2.75) is 18.4 Å². The molecule has 7 heteroatoms. The van der Waals surface area contributed by atoms with Crippen LogP contribution in [0.25, 0.3) is 0 Å². The summed E-state index contributed by atoms with van der Waals surface area (Å²) in [6.07, 6.45) is 1.13.